The number of ether oxygens (including phenoxy) is 1. The maximum atomic E-state index is 14.0. The van der Waals surface area contributed by atoms with E-state index in [4.69, 9.17) is 16.3 Å². The zero-order chi connectivity index (χ0) is 47.5. The van der Waals surface area contributed by atoms with Gasteiger partial charge in [0.05, 0.1) is 12.1 Å². The van der Waals surface area contributed by atoms with Crippen LogP contribution in [0.5, 0.6) is 17.2 Å². The van der Waals surface area contributed by atoms with Gasteiger partial charge in [0.15, 0.2) is 5.78 Å². The number of hydrogen-bond donors (Lipinski definition) is 5. The number of likely N-dealkylation sites (tertiary alicyclic amines) is 1. The van der Waals surface area contributed by atoms with Crippen molar-refractivity contribution in [3.63, 3.8) is 0 Å². The molecule has 66 heavy (non-hydrogen) atoms. The Hall–Kier alpha value is -5.47. The summed E-state index contributed by atoms with van der Waals surface area (Å²) in [5.41, 5.74) is 2.11. The van der Waals surface area contributed by atoms with Crippen LogP contribution in [-0.2, 0) is 14.4 Å². The highest BCUT2D eigenvalue weighted by molar-refractivity contribution is 7.22. The molecule has 0 radical (unpaired) electrons. The summed E-state index contributed by atoms with van der Waals surface area (Å²) in [4.78, 5) is 59.1. The number of thiophene rings is 1. The molecule has 1 aliphatic heterocycles. The molecule has 2 heterocycles. The Bertz CT molecular complexity index is 2430. The second-order valence-corrected chi connectivity index (χ2v) is 19.7. The summed E-state index contributed by atoms with van der Waals surface area (Å²) in [6, 6.07) is 24.0. The van der Waals surface area contributed by atoms with Gasteiger partial charge in [-0.1, -0.05) is 70.7 Å². The van der Waals surface area contributed by atoms with Gasteiger partial charge in [-0.15, -0.1) is 11.3 Å². The van der Waals surface area contributed by atoms with Gasteiger partial charge in [-0.3, -0.25) is 19.2 Å². The fourth-order valence-electron chi connectivity index (χ4n) is 8.34. The number of aliphatic hydroxyl groups excluding tert-OH is 1. The number of phenols is 2. The quantitative estimate of drug-likeness (QED) is 0.0356. The number of carbonyl (C=O) groups is 4. The molecule has 1 aromatic heterocycles. The van der Waals surface area contributed by atoms with Crippen molar-refractivity contribution in [3.05, 3.63) is 113 Å². The lowest BCUT2D eigenvalue weighted by Crippen LogP contribution is -2.57. The number of unbranched alkanes of at least 4 members (excludes halogenated alkanes) is 4. The molecule has 352 valence electrons. The average Bonchev–Trinajstić information content (AvgIpc) is 3.87. The molecule has 4 unspecified atom stereocenters. The van der Waals surface area contributed by atoms with E-state index in [0.717, 1.165) is 71.4 Å². The number of halogens is 1. The van der Waals surface area contributed by atoms with Crippen molar-refractivity contribution in [3.8, 4) is 27.7 Å². The molecule has 0 saturated carbocycles. The van der Waals surface area contributed by atoms with Crippen molar-refractivity contribution in [1.29, 1.82) is 0 Å². The summed E-state index contributed by atoms with van der Waals surface area (Å²) in [6.45, 7) is 12.7. The van der Waals surface area contributed by atoms with E-state index in [0.29, 0.717) is 34.9 Å². The van der Waals surface area contributed by atoms with E-state index in [1.54, 1.807) is 66.7 Å². The topological polar surface area (TPSA) is 169 Å². The monoisotopic (exact) mass is 938 g/mol. The molecule has 6 rings (SSSR count). The number of rotatable bonds is 21. The maximum absolute atomic E-state index is 14.0. The van der Waals surface area contributed by atoms with E-state index in [1.807, 2.05) is 52.0 Å². The van der Waals surface area contributed by atoms with Crippen LogP contribution in [0.1, 0.15) is 107 Å². The number of nitrogens with one attached hydrogen (secondary N) is 2. The summed E-state index contributed by atoms with van der Waals surface area (Å²) < 4.78 is 6.88. The number of nitrogens with zero attached hydrogens (tertiary/aromatic N) is 2. The van der Waals surface area contributed by atoms with E-state index < -0.39 is 23.6 Å². The number of phenolic OH excluding ortho intramolecular Hbond substituents is 2. The first kappa shape index (κ1) is 50.0. The first-order valence-electron chi connectivity index (χ1n) is 22.9. The molecule has 5 N–H and O–H groups in total. The summed E-state index contributed by atoms with van der Waals surface area (Å²) in [7, 11) is 0. The average molecular weight is 940 g/mol. The van der Waals surface area contributed by atoms with Gasteiger partial charge < -0.3 is 40.5 Å². The third-order valence-corrected chi connectivity index (χ3v) is 13.6. The number of fused-ring (bicyclic) bond motifs is 1. The third kappa shape index (κ3) is 13.1. The Balaban J connectivity index is 0.903. The van der Waals surface area contributed by atoms with Gasteiger partial charge in [0, 0.05) is 57.0 Å². The normalized spacial score (nSPS) is 16.0. The van der Waals surface area contributed by atoms with Crippen LogP contribution in [0, 0.1) is 5.41 Å². The molecule has 1 saturated heterocycles. The van der Waals surface area contributed by atoms with Crippen LogP contribution >= 0.6 is 22.9 Å². The summed E-state index contributed by atoms with van der Waals surface area (Å²) in [6.07, 6.45) is 4.14. The zero-order valence-corrected chi connectivity index (χ0v) is 40.1. The first-order chi connectivity index (χ1) is 31.5. The van der Waals surface area contributed by atoms with Gasteiger partial charge in [-0.05, 0) is 128 Å². The number of aliphatic hydroxyl groups is 1. The van der Waals surface area contributed by atoms with Crippen molar-refractivity contribution >= 4 is 56.5 Å². The molecular formula is C52H63ClN4O8S. The van der Waals surface area contributed by atoms with Crippen molar-refractivity contribution in [2.75, 3.05) is 32.8 Å². The zero-order valence-electron chi connectivity index (χ0n) is 38.5. The minimum atomic E-state index is -0.867. The van der Waals surface area contributed by atoms with Crippen molar-refractivity contribution in [1.82, 2.24) is 20.4 Å². The standard InChI is InChI=1S/C52H63ClN4O8S/c1-6-56(28-29-65-41-24-17-35(18-25-41)47(62)46-42-26-23-39(59)31-44(42)66-48(46)36-15-21-38(58)22-16-36)27-11-9-7-8-10-12-45(61)55-49(52(3,4)5)51(64)57-32-40(60)30-43(57)50(63)54-33(2)34-13-19-37(53)20-14-34/h13-26,31,33,40,43,49,58-60H,6-12,27-30,32H2,1-5H3,(H,54,63)(H,55,61). The Labute approximate surface area is 396 Å². The minimum Gasteiger partial charge on any atom is -0.508 e. The largest absolute Gasteiger partial charge is 0.508 e. The predicted octanol–water partition coefficient (Wildman–Crippen LogP) is 9.28. The van der Waals surface area contributed by atoms with E-state index in [-0.39, 0.29) is 60.4 Å². The molecule has 12 nitrogen and oxygen atoms in total. The van der Waals surface area contributed by atoms with Gasteiger partial charge in [-0.25, -0.2) is 0 Å². The molecule has 4 atom stereocenters. The van der Waals surface area contributed by atoms with Gasteiger partial charge in [0.1, 0.15) is 35.9 Å². The Morgan fingerprint density at radius 3 is 2.21 bits per heavy atom. The van der Waals surface area contributed by atoms with Crippen molar-refractivity contribution < 1.29 is 39.2 Å². The second kappa shape index (κ2) is 22.8. The van der Waals surface area contributed by atoms with Crippen LogP contribution in [0.4, 0.5) is 0 Å². The third-order valence-electron chi connectivity index (χ3n) is 12.2. The van der Waals surface area contributed by atoms with Crippen molar-refractivity contribution in [2.45, 2.75) is 104 Å². The molecule has 0 bridgehead atoms. The molecule has 1 aliphatic rings. The number of aromatic hydroxyl groups is 2. The fourth-order valence-corrected chi connectivity index (χ4v) is 9.71. The first-order valence-corrected chi connectivity index (χ1v) is 24.1. The molecule has 0 spiro atoms. The number of β-amino-alcohol motifs (C(OH)–C–C–N with tert-alkyl or cyclic N) is 1. The SMILES string of the molecule is CCN(CCCCCCCC(=O)NC(C(=O)N1CC(O)CC1C(=O)NC(C)c1ccc(Cl)cc1)C(C)(C)C)CCOc1ccc(C(=O)c2c(-c3ccc(O)cc3)sc3cc(O)ccc23)cc1. The van der Waals surface area contributed by atoms with Crippen LogP contribution in [0.15, 0.2) is 91.0 Å². The lowest BCUT2D eigenvalue weighted by Gasteiger charge is -2.35. The highest BCUT2D eigenvalue weighted by atomic mass is 35.5. The predicted molar refractivity (Wildman–Crippen MR) is 261 cm³/mol. The number of amides is 3. The van der Waals surface area contributed by atoms with E-state index in [2.05, 4.69) is 22.5 Å². The van der Waals surface area contributed by atoms with Crippen LogP contribution in [0.2, 0.25) is 5.02 Å². The highest BCUT2D eigenvalue weighted by Crippen LogP contribution is 2.41. The Morgan fingerprint density at radius 2 is 1.53 bits per heavy atom. The van der Waals surface area contributed by atoms with Gasteiger partial charge in [-0.2, -0.15) is 0 Å². The molecule has 5 aromatic rings. The van der Waals surface area contributed by atoms with E-state index in [1.165, 1.54) is 16.2 Å². The van der Waals surface area contributed by atoms with Gasteiger partial charge >= 0.3 is 0 Å². The van der Waals surface area contributed by atoms with Crippen molar-refractivity contribution in [2.24, 2.45) is 5.41 Å². The summed E-state index contributed by atoms with van der Waals surface area (Å²) in [5, 5.41) is 37.8. The number of ketones is 1. The molecule has 1 fully saturated rings. The van der Waals surface area contributed by atoms with Gasteiger partial charge in [0.25, 0.3) is 0 Å². The molecule has 4 aromatic carbocycles. The smallest absolute Gasteiger partial charge is 0.246 e. The van der Waals surface area contributed by atoms with Crippen LogP contribution < -0.4 is 15.4 Å². The summed E-state index contributed by atoms with van der Waals surface area (Å²) in [5.74, 6) is -0.143. The van der Waals surface area contributed by atoms with Crippen LogP contribution in [0.25, 0.3) is 20.5 Å². The molecule has 0 aliphatic carbocycles. The molecular weight excluding hydrogens is 876 g/mol. The lowest BCUT2D eigenvalue weighted by atomic mass is 9.85. The van der Waals surface area contributed by atoms with E-state index >= 15 is 0 Å². The van der Waals surface area contributed by atoms with Crippen LogP contribution in [-0.4, -0.2) is 99.6 Å². The number of benzene rings is 4. The molecule has 14 heteroatoms. The number of likely N-dealkylation sites (N-methyl/N-ethyl adjacent to an activating group) is 1. The number of carbonyl (C=O) groups excluding carboxylic acids is 4. The molecule has 3 amide bonds. The number of hydrogen-bond acceptors (Lipinski definition) is 10. The highest BCUT2D eigenvalue weighted by Gasteiger charge is 2.44. The van der Waals surface area contributed by atoms with E-state index in [9.17, 15) is 34.5 Å². The second-order valence-electron chi connectivity index (χ2n) is 18.2. The van der Waals surface area contributed by atoms with Crippen LogP contribution in [0.3, 0.4) is 0 Å². The Morgan fingerprint density at radius 1 is 0.864 bits per heavy atom. The summed E-state index contributed by atoms with van der Waals surface area (Å²) >= 11 is 7.45. The maximum Gasteiger partial charge on any atom is 0.246 e. The van der Waals surface area contributed by atoms with Gasteiger partial charge in [0.2, 0.25) is 17.7 Å². The Kier molecular flexibility index (Phi) is 17.3. The minimum absolute atomic E-state index is 0.0172. The fraction of sp³-hybridized carbons (Fsp3) is 0.423. The lowest BCUT2D eigenvalue weighted by molar-refractivity contribution is -0.144.